The van der Waals surface area contributed by atoms with Crippen molar-refractivity contribution in [2.45, 2.75) is 32.4 Å². The standard InChI is InChI=1S/C19H16Cl2N4O4/c1-8-14(20)15(21)16(22-8)18(28)23-10-2-3-11-9(6-10)7-25(19(11)29)12-4-5-13(26)24-17(12)27/h2-3,6,12,22H,4-5,7H2,1H3,(H,23,28)(H,24,26,27). The maximum Gasteiger partial charge on any atom is 0.273 e. The van der Waals surface area contributed by atoms with Gasteiger partial charge in [-0.1, -0.05) is 23.2 Å². The number of halogens is 2. The summed E-state index contributed by atoms with van der Waals surface area (Å²) < 4.78 is 0. The number of fused-ring (bicyclic) bond motifs is 1. The fraction of sp³-hybridized carbons (Fsp3) is 0.263. The number of nitrogens with one attached hydrogen (secondary N) is 3. The van der Waals surface area contributed by atoms with Crippen molar-refractivity contribution < 1.29 is 19.2 Å². The van der Waals surface area contributed by atoms with Crippen LogP contribution in [0.3, 0.4) is 0 Å². The Kier molecular flexibility index (Phi) is 4.84. The van der Waals surface area contributed by atoms with Crippen molar-refractivity contribution in [1.29, 1.82) is 0 Å². The maximum atomic E-state index is 12.7. The van der Waals surface area contributed by atoms with Crippen molar-refractivity contribution in [3.8, 4) is 0 Å². The Bertz CT molecular complexity index is 1080. The fourth-order valence-electron chi connectivity index (χ4n) is 3.57. The van der Waals surface area contributed by atoms with Crippen LogP contribution in [0.5, 0.6) is 0 Å². The number of benzene rings is 1. The zero-order valence-corrected chi connectivity index (χ0v) is 16.8. The van der Waals surface area contributed by atoms with Gasteiger partial charge >= 0.3 is 0 Å². The van der Waals surface area contributed by atoms with Gasteiger partial charge in [0, 0.05) is 29.9 Å². The number of aryl methyl sites for hydroxylation is 1. The lowest BCUT2D eigenvalue weighted by Gasteiger charge is -2.29. The van der Waals surface area contributed by atoms with E-state index in [9.17, 15) is 19.2 Å². The van der Waals surface area contributed by atoms with Crippen molar-refractivity contribution in [2.24, 2.45) is 0 Å². The molecule has 150 valence electrons. The van der Waals surface area contributed by atoms with Crippen molar-refractivity contribution in [1.82, 2.24) is 15.2 Å². The predicted molar refractivity (Wildman–Crippen MR) is 106 cm³/mol. The molecule has 3 N–H and O–H groups in total. The van der Waals surface area contributed by atoms with Crippen LogP contribution in [-0.4, -0.2) is 39.6 Å². The van der Waals surface area contributed by atoms with Crippen molar-refractivity contribution in [2.75, 3.05) is 5.32 Å². The van der Waals surface area contributed by atoms with Gasteiger partial charge in [-0.3, -0.25) is 24.5 Å². The number of rotatable bonds is 3. The molecule has 1 fully saturated rings. The van der Waals surface area contributed by atoms with Gasteiger partial charge in [0.15, 0.2) is 0 Å². The zero-order chi connectivity index (χ0) is 20.9. The van der Waals surface area contributed by atoms with E-state index in [0.29, 0.717) is 28.9 Å². The number of H-pyrrole nitrogens is 1. The van der Waals surface area contributed by atoms with Crippen LogP contribution in [0.2, 0.25) is 10.0 Å². The molecule has 1 saturated heterocycles. The van der Waals surface area contributed by atoms with E-state index in [1.54, 1.807) is 25.1 Å². The molecule has 0 spiro atoms. The first kappa shape index (κ1) is 19.5. The van der Waals surface area contributed by atoms with Crippen molar-refractivity contribution in [3.05, 3.63) is 50.8 Å². The van der Waals surface area contributed by atoms with E-state index in [4.69, 9.17) is 23.2 Å². The minimum absolute atomic E-state index is 0.141. The number of aromatic nitrogens is 1. The van der Waals surface area contributed by atoms with Crippen LogP contribution in [0.25, 0.3) is 0 Å². The number of imide groups is 1. The first-order valence-electron chi connectivity index (χ1n) is 8.88. The molecule has 0 saturated carbocycles. The number of carbonyl (C=O) groups is 4. The smallest absolute Gasteiger partial charge is 0.273 e. The van der Waals surface area contributed by atoms with Gasteiger partial charge in [0.2, 0.25) is 11.8 Å². The third-order valence-corrected chi connectivity index (χ3v) is 6.01. The molecule has 2 aliphatic heterocycles. The molecule has 0 radical (unpaired) electrons. The molecule has 1 unspecified atom stereocenters. The van der Waals surface area contributed by atoms with E-state index in [0.717, 1.165) is 0 Å². The number of piperidine rings is 1. The summed E-state index contributed by atoms with van der Waals surface area (Å²) in [6.45, 7) is 1.92. The predicted octanol–water partition coefficient (Wildman–Crippen LogP) is 2.64. The number of carbonyl (C=O) groups excluding carboxylic acids is 4. The average molecular weight is 435 g/mol. The average Bonchev–Trinajstić information content (AvgIpc) is 3.13. The molecule has 8 nitrogen and oxygen atoms in total. The summed E-state index contributed by atoms with van der Waals surface area (Å²) in [6.07, 6.45) is 0.482. The molecule has 0 bridgehead atoms. The van der Waals surface area contributed by atoms with Gasteiger partial charge in [0.05, 0.1) is 10.0 Å². The summed E-state index contributed by atoms with van der Waals surface area (Å²) >= 11 is 12.1. The highest BCUT2D eigenvalue weighted by Crippen LogP contribution is 2.31. The number of anilines is 1. The second-order valence-corrected chi connectivity index (χ2v) is 7.73. The number of aromatic amines is 1. The second kappa shape index (κ2) is 7.20. The van der Waals surface area contributed by atoms with E-state index in [-0.39, 0.29) is 40.5 Å². The Hall–Kier alpha value is -2.84. The fourth-order valence-corrected chi connectivity index (χ4v) is 3.99. The highest BCUT2D eigenvalue weighted by molar-refractivity contribution is 6.44. The van der Waals surface area contributed by atoms with E-state index < -0.39 is 17.9 Å². The molecule has 2 aliphatic rings. The number of nitrogens with zero attached hydrogens (tertiary/aromatic N) is 1. The Balaban J connectivity index is 1.53. The summed E-state index contributed by atoms with van der Waals surface area (Å²) in [5.74, 6) is -1.54. The second-order valence-electron chi connectivity index (χ2n) is 6.98. The summed E-state index contributed by atoms with van der Waals surface area (Å²) in [5, 5.41) is 5.42. The molecule has 29 heavy (non-hydrogen) atoms. The number of amides is 4. The summed E-state index contributed by atoms with van der Waals surface area (Å²) in [5.41, 5.74) is 2.36. The SMILES string of the molecule is Cc1[nH]c(C(=O)Nc2ccc3c(c2)CN(C2CCC(=O)NC2=O)C3=O)c(Cl)c1Cl. The van der Waals surface area contributed by atoms with Gasteiger partial charge in [0.1, 0.15) is 11.7 Å². The van der Waals surface area contributed by atoms with E-state index in [1.165, 1.54) is 4.90 Å². The first-order valence-corrected chi connectivity index (χ1v) is 9.64. The molecule has 1 aromatic heterocycles. The van der Waals surface area contributed by atoms with Gasteiger partial charge in [-0.15, -0.1) is 0 Å². The Morgan fingerprint density at radius 2 is 1.97 bits per heavy atom. The molecule has 1 atom stereocenters. The van der Waals surface area contributed by atoms with Crippen LogP contribution >= 0.6 is 23.2 Å². The highest BCUT2D eigenvalue weighted by atomic mass is 35.5. The third-order valence-electron chi connectivity index (χ3n) is 5.06. The van der Waals surface area contributed by atoms with Gasteiger partial charge in [-0.25, -0.2) is 0 Å². The summed E-state index contributed by atoms with van der Waals surface area (Å²) in [7, 11) is 0. The van der Waals surface area contributed by atoms with E-state index in [2.05, 4.69) is 15.6 Å². The lowest BCUT2D eigenvalue weighted by Crippen LogP contribution is -2.52. The normalized spacial score (nSPS) is 18.7. The molecule has 0 aliphatic carbocycles. The van der Waals surface area contributed by atoms with Gasteiger partial charge in [0.25, 0.3) is 11.8 Å². The topological polar surface area (TPSA) is 111 Å². The lowest BCUT2D eigenvalue weighted by atomic mass is 10.0. The lowest BCUT2D eigenvalue weighted by molar-refractivity contribution is -0.136. The number of hydrogen-bond donors (Lipinski definition) is 3. The maximum absolute atomic E-state index is 12.7. The molecule has 2 aromatic rings. The molecule has 4 rings (SSSR count). The van der Waals surface area contributed by atoms with Crippen LogP contribution < -0.4 is 10.6 Å². The van der Waals surface area contributed by atoms with Crippen molar-refractivity contribution >= 4 is 52.5 Å². The Morgan fingerprint density at radius 3 is 2.62 bits per heavy atom. The zero-order valence-electron chi connectivity index (χ0n) is 15.3. The van der Waals surface area contributed by atoms with Gasteiger partial charge < -0.3 is 15.2 Å². The minimum Gasteiger partial charge on any atom is -0.352 e. The summed E-state index contributed by atoms with van der Waals surface area (Å²) in [4.78, 5) is 52.9. The van der Waals surface area contributed by atoms with Crippen molar-refractivity contribution in [3.63, 3.8) is 0 Å². The van der Waals surface area contributed by atoms with Crippen LogP contribution in [0.1, 0.15) is 44.9 Å². The quantitative estimate of drug-likeness (QED) is 0.644. The Labute approximate surface area is 175 Å². The highest BCUT2D eigenvalue weighted by Gasteiger charge is 2.39. The molecule has 3 heterocycles. The number of hydrogen-bond acceptors (Lipinski definition) is 4. The molecule has 4 amide bonds. The third kappa shape index (κ3) is 3.38. The minimum atomic E-state index is -0.687. The Morgan fingerprint density at radius 1 is 1.21 bits per heavy atom. The monoisotopic (exact) mass is 434 g/mol. The van der Waals surface area contributed by atoms with E-state index in [1.807, 2.05) is 0 Å². The molecular formula is C19H16Cl2N4O4. The largest absolute Gasteiger partial charge is 0.352 e. The molecule has 1 aromatic carbocycles. The van der Waals surface area contributed by atoms with E-state index >= 15 is 0 Å². The van der Waals surface area contributed by atoms with Crippen LogP contribution in [0.15, 0.2) is 18.2 Å². The first-order chi connectivity index (χ1) is 13.8. The molecular weight excluding hydrogens is 419 g/mol. The van der Waals surface area contributed by atoms with Gasteiger partial charge in [-0.2, -0.15) is 0 Å². The van der Waals surface area contributed by atoms with Gasteiger partial charge in [-0.05, 0) is 37.1 Å². The van der Waals surface area contributed by atoms with Crippen LogP contribution in [-0.2, 0) is 16.1 Å². The van der Waals surface area contributed by atoms with Crippen LogP contribution in [0.4, 0.5) is 5.69 Å². The molecule has 10 heteroatoms. The van der Waals surface area contributed by atoms with Crippen LogP contribution in [0, 0.1) is 6.92 Å². The summed E-state index contributed by atoms with van der Waals surface area (Å²) in [6, 6.07) is 4.21.